The Bertz CT molecular complexity index is 1710. The van der Waals surface area contributed by atoms with E-state index in [-0.39, 0.29) is 23.1 Å². The first-order valence-corrected chi connectivity index (χ1v) is 13.2. The van der Waals surface area contributed by atoms with Crippen LogP contribution in [0.1, 0.15) is 24.0 Å². The second-order valence-electron chi connectivity index (χ2n) is 10.3. The molecule has 1 fully saturated rings. The van der Waals surface area contributed by atoms with Gasteiger partial charge in [-0.1, -0.05) is 18.2 Å². The highest BCUT2D eigenvalue weighted by Gasteiger charge is 2.36. The van der Waals surface area contributed by atoms with Crippen molar-refractivity contribution in [3.05, 3.63) is 77.9 Å². The van der Waals surface area contributed by atoms with Crippen molar-refractivity contribution < 1.29 is 26.7 Å². The molecule has 0 spiro atoms. The number of piperidine rings is 1. The highest BCUT2D eigenvalue weighted by atomic mass is 19.4. The molecule has 7 nitrogen and oxygen atoms in total. The van der Waals surface area contributed by atoms with Crippen LogP contribution >= 0.6 is 0 Å². The average Bonchev–Trinajstić information content (AvgIpc) is 3.58. The van der Waals surface area contributed by atoms with Gasteiger partial charge in [0.15, 0.2) is 11.4 Å². The molecule has 1 atom stereocenters. The Morgan fingerprint density at radius 3 is 2.63 bits per heavy atom. The van der Waals surface area contributed by atoms with E-state index in [1.165, 1.54) is 18.5 Å². The molecular weight excluding hydrogens is 538 g/mol. The Morgan fingerprint density at radius 1 is 1.05 bits per heavy atom. The number of halogens is 4. The lowest BCUT2D eigenvalue weighted by Crippen LogP contribution is -2.38. The second kappa shape index (κ2) is 10.7. The van der Waals surface area contributed by atoms with Gasteiger partial charge in [0.05, 0.1) is 6.10 Å². The van der Waals surface area contributed by atoms with Crippen LogP contribution in [0.5, 0.6) is 0 Å². The number of aryl methyl sites for hydroxylation is 1. The van der Waals surface area contributed by atoms with E-state index in [2.05, 4.69) is 20.1 Å². The summed E-state index contributed by atoms with van der Waals surface area (Å²) in [6.07, 6.45) is -1.18. The van der Waals surface area contributed by atoms with Gasteiger partial charge in [0, 0.05) is 38.4 Å². The Morgan fingerprint density at radius 2 is 1.88 bits per heavy atom. The maximum Gasteiger partial charge on any atom is 0.420 e. The molecule has 6 rings (SSSR count). The quantitative estimate of drug-likeness (QED) is 0.213. The fraction of sp³-hybridized carbons (Fsp3) is 0.300. The summed E-state index contributed by atoms with van der Waals surface area (Å²) in [5.74, 6) is 0.100. The minimum Gasteiger partial charge on any atom is -0.435 e. The summed E-state index contributed by atoms with van der Waals surface area (Å²) in [5, 5.41) is 8.01. The van der Waals surface area contributed by atoms with E-state index >= 15 is 0 Å². The molecule has 0 N–H and O–H groups in total. The number of rotatable bonds is 6. The summed E-state index contributed by atoms with van der Waals surface area (Å²) in [5.41, 5.74) is 1.86. The Hall–Kier alpha value is -4.09. The highest BCUT2D eigenvalue weighted by Crippen LogP contribution is 2.39. The van der Waals surface area contributed by atoms with Crippen LogP contribution in [0.25, 0.3) is 45.1 Å². The Balaban J connectivity index is 1.39. The molecule has 1 saturated heterocycles. The van der Waals surface area contributed by atoms with Gasteiger partial charge in [-0.25, -0.2) is 9.37 Å². The molecule has 0 saturated carbocycles. The van der Waals surface area contributed by atoms with Crippen molar-refractivity contribution in [1.29, 1.82) is 0 Å². The van der Waals surface area contributed by atoms with Gasteiger partial charge in [-0.2, -0.15) is 13.2 Å². The molecule has 11 heteroatoms. The van der Waals surface area contributed by atoms with Gasteiger partial charge in [-0.15, -0.1) is 10.2 Å². The van der Waals surface area contributed by atoms with Gasteiger partial charge in [-0.3, -0.25) is 4.90 Å². The number of hydrogen-bond donors (Lipinski definition) is 0. The van der Waals surface area contributed by atoms with Crippen molar-refractivity contribution in [2.24, 2.45) is 7.05 Å². The Labute approximate surface area is 233 Å². The summed E-state index contributed by atoms with van der Waals surface area (Å²) < 4.78 is 69.6. The zero-order valence-electron chi connectivity index (χ0n) is 22.5. The van der Waals surface area contributed by atoms with E-state index in [1.807, 2.05) is 6.07 Å². The SMILES string of the molecule is COC1CCCN(Cc2cc(C(F)(F)F)c3oc(-c4cccc(-c5ccc(F)cc5-c5nncn5C)c4)nc3c2)C1. The van der Waals surface area contributed by atoms with Crippen LogP contribution in [0.15, 0.2) is 65.3 Å². The van der Waals surface area contributed by atoms with Gasteiger partial charge < -0.3 is 13.7 Å². The number of methoxy groups -OCH3 is 1. The molecular formula is C30H27F4N5O2. The summed E-state index contributed by atoms with van der Waals surface area (Å²) >= 11 is 0. The largest absolute Gasteiger partial charge is 0.435 e. The second-order valence-corrected chi connectivity index (χ2v) is 10.3. The molecule has 1 aliphatic heterocycles. The molecule has 41 heavy (non-hydrogen) atoms. The molecule has 0 bridgehead atoms. The number of oxazole rings is 1. The summed E-state index contributed by atoms with van der Waals surface area (Å²) in [7, 11) is 3.41. The minimum absolute atomic E-state index is 0.0595. The number of alkyl halides is 3. The first kappa shape index (κ1) is 27.1. The van der Waals surface area contributed by atoms with E-state index in [0.717, 1.165) is 25.5 Å². The number of ether oxygens (including phenoxy) is 1. The molecule has 3 heterocycles. The third-order valence-corrected chi connectivity index (χ3v) is 7.41. The van der Waals surface area contributed by atoms with Crippen molar-refractivity contribution in [1.82, 2.24) is 24.6 Å². The molecule has 1 unspecified atom stereocenters. The third-order valence-electron chi connectivity index (χ3n) is 7.41. The predicted molar refractivity (Wildman–Crippen MR) is 145 cm³/mol. The van der Waals surface area contributed by atoms with Crippen LogP contribution in [-0.2, 0) is 24.5 Å². The van der Waals surface area contributed by atoms with Crippen LogP contribution in [-0.4, -0.2) is 51.0 Å². The van der Waals surface area contributed by atoms with Crippen molar-refractivity contribution >= 4 is 11.1 Å². The highest BCUT2D eigenvalue weighted by molar-refractivity contribution is 5.84. The van der Waals surface area contributed by atoms with Crippen LogP contribution < -0.4 is 0 Å². The van der Waals surface area contributed by atoms with Gasteiger partial charge >= 0.3 is 6.18 Å². The van der Waals surface area contributed by atoms with E-state index in [4.69, 9.17) is 9.15 Å². The van der Waals surface area contributed by atoms with E-state index < -0.39 is 17.6 Å². The summed E-state index contributed by atoms with van der Waals surface area (Å²) in [6.45, 7) is 1.80. The summed E-state index contributed by atoms with van der Waals surface area (Å²) in [4.78, 5) is 6.58. The van der Waals surface area contributed by atoms with Crippen molar-refractivity contribution in [3.63, 3.8) is 0 Å². The standard InChI is InChI=1S/C30H27F4N5O2/c1-38-17-35-37-28(38)24-14-21(31)8-9-23(24)19-5-3-6-20(13-19)29-36-26-12-18(11-25(27(26)41-29)30(32,33)34)15-39-10-4-7-22(16-39)40-2/h3,5-6,8-9,11-14,17,22H,4,7,10,15-16H2,1-2H3. The van der Waals surface area contributed by atoms with Gasteiger partial charge in [0.1, 0.15) is 23.2 Å². The van der Waals surface area contributed by atoms with Gasteiger partial charge in [-0.05, 0) is 72.5 Å². The number of aromatic nitrogens is 4. The normalized spacial score (nSPS) is 16.5. The van der Waals surface area contributed by atoms with Gasteiger partial charge in [0.25, 0.3) is 0 Å². The van der Waals surface area contributed by atoms with Crippen LogP contribution in [0.3, 0.4) is 0 Å². The van der Waals surface area contributed by atoms with E-state index in [1.54, 1.807) is 49.1 Å². The fourth-order valence-electron chi connectivity index (χ4n) is 5.42. The number of nitrogens with zero attached hydrogens (tertiary/aromatic N) is 5. The molecule has 5 aromatic rings. The lowest BCUT2D eigenvalue weighted by atomic mass is 9.97. The lowest BCUT2D eigenvalue weighted by molar-refractivity contribution is -0.136. The lowest BCUT2D eigenvalue weighted by Gasteiger charge is -2.31. The topological polar surface area (TPSA) is 69.2 Å². The molecule has 0 aliphatic carbocycles. The fourth-order valence-corrected chi connectivity index (χ4v) is 5.42. The Kier molecular flexibility index (Phi) is 7.08. The number of hydrogen-bond acceptors (Lipinski definition) is 6. The van der Waals surface area contributed by atoms with E-state index in [0.29, 0.717) is 46.7 Å². The average molecular weight is 566 g/mol. The van der Waals surface area contributed by atoms with E-state index in [9.17, 15) is 17.6 Å². The minimum atomic E-state index is -4.62. The van der Waals surface area contributed by atoms with Crippen LogP contribution in [0.2, 0.25) is 0 Å². The van der Waals surface area contributed by atoms with Crippen LogP contribution in [0, 0.1) is 5.82 Å². The maximum absolute atomic E-state index is 14.2. The van der Waals surface area contributed by atoms with Crippen molar-refractivity contribution in [3.8, 4) is 34.0 Å². The first-order valence-electron chi connectivity index (χ1n) is 13.2. The number of likely N-dealkylation sites (tertiary alicyclic amines) is 1. The molecule has 2 aromatic heterocycles. The van der Waals surface area contributed by atoms with Crippen LogP contribution in [0.4, 0.5) is 17.6 Å². The number of fused-ring (bicyclic) bond motifs is 1. The summed E-state index contributed by atoms with van der Waals surface area (Å²) in [6, 6.07) is 14.2. The predicted octanol–water partition coefficient (Wildman–Crippen LogP) is 6.73. The number of benzene rings is 3. The molecule has 212 valence electrons. The smallest absolute Gasteiger partial charge is 0.420 e. The molecule has 0 amide bonds. The maximum atomic E-state index is 14.2. The molecule has 1 aliphatic rings. The van der Waals surface area contributed by atoms with Crippen molar-refractivity contribution in [2.45, 2.75) is 31.7 Å². The van der Waals surface area contributed by atoms with Gasteiger partial charge in [0.2, 0.25) is 5.89 Å². The monoisotopic (exact) mass is 565 g/mol. The zero-order valence-corrected chi connectivity index (χ0v) is 22.5. The molecule has 0 radical (unpaired) electrons. The van der Waals surface area contributed by atoms with Crippen molar-refractivity contribution in [2.75, 3.05) is 20.2 Å². The molecule has 3 aromatic carbocycles. The zero-order chi connectivity index (χ0) is 28.7. The third kappa shape index (κ3) is 5.47. The first-order chi connectivity index (χ1) is 19.7.